The molecular formula is C25H29Cl2NO6. The first-order valence-electron chi connectivity index (χ1n) is 11.3. The summed E-state index contributed by atoms with van der Waals surface area (Å²) in [6.07, 6.45) is 4.34. The average molecular weight is 510 g/mol. The van der Waals surface area contributed by atoms with E-state index < -0.39 is 29.9 Å². The zero-order valence-corrected chi connectivity index (χ0v) is 20.9. The van der Waals surface area contributed by atoms with Crippen LogP contribution >= 0.6 is 23.2 Å². The number of hydrogen-bond donors (Lipinski definition) is 1. The van der Waals surface area contributed by atoms with Crippen molar-refractivity contribution in [1.82, 2.24) is 4.98 Å². The van der Waals surface area contributed by atoms with Gasteiger partial charge in [-0.15, -0.1) is 0 Å². The normalized spacial score (nSPS) is 16.5. The molecule has 1 fully saturated rings. The van der Waals surface area contributed by atoms with Gasteiger partial charge >= 0.3 is 5.97 Å². The summed E-state index contributed by atoms with van der Waals surface area (Å²) >= 11 is 12.3. The minimum Gasteiger partial charge on any atom is -0.503 e. The number of methoxy groups -OCH3 is 1. The number of benzene rings is 1. The quantitative estimate of drug-likeness (QED) is 0.315. The molecule has 0 radical (unpaired) electrons. The van der Waals surface area contributed by atoms with Crippen molar-refractivity contribution in [1.29, 1.82) is 0 Å². The van der Waals surface area contributed by atoms with Crippen molar-refractivity contribution < 1.29 is 28.9 Å². The fourth-order valence-corrected chi connectivity index (χ4v) is 4.66. The Morgan fingerprint density at radius 1 is 1.15 bits per heavy atom. The van der Waals surface area contributed by atoms with Gasteiger partial charge in [0.25, 0.3) is 0 Å². The zero-order valence-electron chi connectivity index (χ0n) is 19.4. The Morgan fingerprint density at radius 3 is 2.50 bits per heavy atom. The van der Waals surface area contributed by atoms with Gasteiger partial charge in [0.2, 0.25) is 0 Å². The van der Waals surface area contributed by atoms with E-state index in [2.05, 4.69) is 4.98 Å². The van der Waals surface area contributed by atoms with E-state index >= 15 is 0 Å². The molecule has 1 saturated carbocycles. The minimum atomic E-state index is -0.745. The highest BCUT2D eigenvalue weighted by Gasteiger charge is 2.35. The third-order valence-corrected chi connectivity index (χ3v) is 6.58. The topological polar surface area (TPSA) is 95.0 Å². The van der Waals surface area contributed by atoms with E-state index in [1.807, 2.05) is 0 Å². The summed E-state index contributed by atoms with van der Waals surface area (Å²) in [6.45, 7) is 3.39. The van der Waals surface area contributed by atoms with Gasteiger partial charge < -0.3 is 19.3 Å². The fourth-order valence-electron chi connectivity index (χ4n) is 4.21. The maximum atomic E-state index is 12.8. The van der Waals surface area contributed by atoms with Crippen molar-refractivity contribution in [2.45, 2.75) is 58.2 Å². The second kappa shape index (κ2) is 11.8. The first-order valence-corrected chi connectivity index (χ1v) is 12.0. The summed E-state index contributed by atoms with van der Waals surface area (Å²) < 4.78 is 17.0. The van der Waals surface area contributed by atoms with Crippen LogP contribution in [0.1, 0.15) is 56.4 Å². The van der Waals surface area contributed by atoms with Crippen molar-refractivity contribution in [3.63, 3.8) is 0 Å². The van der Waals surface area contributed by atoms with Gasteiger partial charge in [-0.05, 0) is 43.9 Å². The van der Waals surface area contributed by atoms with Crippen molar-refractivity contribution in [3.8, 4) is 17.2 Å². The molecule has 3 rings (SSSR count). The predicted molar refractivity (Wildman–Crippen MR) is 129 cm³/mol. The molecule has 1 N–H and O–H groups in total. The molecule has 1 aromatic heterocycles. The van der Waals surface area contributed by atoms with E-state index in [0.29, 0.717) is 15.8 Å². The maximum absolute atomic E-state index is 12.8. The van der Waals surface area contributed by atoms with Crippen molar-refractivity contribution in [2.75, 3.05) is 7.11 Å². The van der Waals surface area contributed by atoms with Gasteiger partial charge in [0.05, 0.1) is 18.1 Å². The Hall–Kier alpha value is -2.51. The SMILES string of the molecule is COc1ccnc(C(=O)C[C@@H](C)C(=O)O[C@@H](C)[C@H](Oc2ccc(Cl)cc2Cl)C2CCCC2)c1O. The maximum Gasteiger partial charge on any atom is 0.309 e. The lowest BCUT2D eigenvalue weighted by Gasteiger charge is -2.30. The molecular weight excluding hydrogens is 481 g/mol. The molecule has 1 heterocycles. The molecule has 0 aliphatic heterocycles. The Labute approximate surface area is 209 Å². The molecule has 7 nitrogen and oxygen atoms in total. The number of nitrogens with zero attached hydrogens (tertiary/aromatic N) is 1. The first-order chi connectivity index (χ1) is 16.2. The number of aromatic nitrogens is 1. The standard InChI is InChI=1S/C25H29Cl2NO6/c1-14(12-19(29)22-23(30)21(32-3)10-11-28-22)25(31)33-15(2)24(16-6-4-5-7-16)34-20-9-8-17(26)13-18(20)27/h8-11,13-16,24,30H,4-7,12H2,1-3H3/t14-,15+,24+/m1/s1. The number of hydrogen-bond acceptors (Lipinski definition) is 7. The molecule has 0 bridgehead atoms. The Balaban J connectivity index is 1.67. The molecule has 1 aromatic carbocycles. The van der Waals surface area contributed by atoms with Gasteiger partial charge in [0, 0.05) is 23.7 Å². The third kappa shape index (κ3) is 6.33. The number of halogens is 2. The van der Waals surface area contributed by atoms with Crippen LogP contribution in [0.15, 0.2) is 30.5 Å². The Morgan fingerprint density at radius 2 is 1.85 bits per heavy atom. The van der Waals surface area contributed by atoms with E-state index in [9.17, 15) is 14.7 Å². The Kier molecular flexibility index (Phi) is 9.03. The lowest BCUT2D eigenvalue weighted by atomic mass is 9.96. The predicted octanol–water partition coefficient (Wildman–Crippen LogP) is 5.88. The van der Waals surface area contributed by atoms with Crippen LogP contribution in [0.25, 0.3) is 0 Å². The smallest absolute Gasteiger partial charge is 0.309 e. The van der Waals surface area contributed by atoms with Crippen molar-refractivity contribution in [2.24, 2.45) is 11.8 Å². The number of ether oxygens (including phenoxy) is 3. The molecule has 184 valence electrons. The number of ketones is 1. The first kappa shape index (κ1) is 26.1. The summed E-state index contributed by atoms with van der Waals surface area (Å²) in [6, 6.07) is 6.45. The lowest BCUT2D eigenvalue weighted by Crippen LogP contribution is -2.40. The van der Waals surface area contributed by atoms with Crippen LogP contribution in [0.3, 0.4) is 0 Å². The van der Waals surface area contributed by atoms with E-state index in [1.54, 1.807) is 32.0 Å². The summed E-state index contributed by atoms with van der Waals surface area (Å²) in [7, 11) is 1.38. The van der Waals surface area contributed by atoms with Crippen LogP contribution < -0.4 is 9.47 Å². The number of Topliss-reactive ketones (excluding diaryl/α,β-unsaturated/α-hetero) is 1. The highest BCUT2D eigenvalue weighted by Crippen LogP contribution is 2.36. The average Bonchev–Trinajstić information content (AvgIpc) is 3.33. The second-order valence-electron chi connectivity index (χ2n) is 8.58. The van der Waals surface area contributed by atoms with E-state index in [1.165, 1.54) is 19.4 Å². The molecule has 0 spiro atoms. The molecule has 0 amide bonds. The van der Waals surface area contributed by atoms with Gasteiger partial charge in [-0.2, -0.15) is 0 Å². The molecule has 34 heavy (non-hydrogen) atoms. The van der Waals surface area contributed by atoms with Crippen LogP contribution in [0.2, 0.25) is 10.0 Å². The second-order valence-corrected chi connectivity index (χ2v) is 9.43. The summed E-state index contributed by atoms with van der Waals surface area (Å²) in [5, 5.41) is 11.1. The van der Waals surface area contributed by atoms with Gasteiger partial charge in [-0.25, -0.2) is 4.98 Å². The number of aromatic hydroxyl groups is 1. The van der Waals surface area contributed by atoms with Crippen LogP contribution in [0.5, 0.6) is 17.2 Å². The monoisotopic (exact) mass is 509 g/mol. The number of carbonyl (C=O) groups excluding carboxylic acids is 2. The third-order valence-electron chi connectivity index (χ3n) is 6.05. The molecule has 3 atom stereocenters. The van der Waals surface area contributed by atoms with Crippen LogP contribution in [0, 0.1) is 11.8 Å². The molecule has 0 saturated heterocycles. The summed E-state index contributed by atoms with van der Waals surface area (Å²) in [5.41, 5.74) is -0.142. The van der Waals surface area contributed by atoms with E-state index in [0.717, 1.165) is 25.7 Å². The largest absolute Gasteiger partial charge is 0.503 e. The van der Waals surface area contributed by atoms with E-state index in [-0.39, 0.29) is 29.5 Å². The van der Waals surface area contributed by atoms with Crippen molar-refractivity contribution >= 4 is 35.0 Å². The molecule has 1 aliphatic carbocycles. The molecule has 1 aliphatic rings. The number of carbonyl (C=O) groups is 2. The number of rotatable bonds is 10. The molecule has 2 aromatic rings. The zero-order chi connectivity index (χ0) is 24.8. The highest BCUT2D eigenvalue weighted by atomic mass is 35.5. The summed E-state index contributed by atoms with van der Waals surface area (Å²) in [4.78, 5) is 29.4. The summed E-state index contributed by atoms with van der Waals surface area (Å²) in [5.74, 6) is -1.27. The Bertz CT molecular complexity index is 1020. The van der Waals surface area contributed by atoms with Crippen LogP contribution in [0.4, 0.5) is 0 Å². The fraction of sp³-hybridized carbons (Fsp3) is 0.480. The van der Waals surface area contributed by atoms with Gasteiger partial charge in [0.15, 0.2) is 23.0 Å². The van der Waals surface area contributed by atoms with Gasteiger partial charge in [-0.1, -0.05) is 43.0 Å². The number of pyridine rings is 1. The molecule has 0 unspecified atom stereocenters. The lowest BCUT2D eigenvalue weighted by molar-refractivity contribution is -0.158. The van der Waals surface area contributed by atoms with Crippen LogP contribution in [-0.2, 0) is 9.53 Å². The molecule has 9 heteroatoms. The number of esters is 1. The highest BCUT2D eigenvalue weighted by molar-refractivity contribution is 6.35. The minimum absolute atomic E-state index is 0.139. The van der Waals surface area contributed by atoms with Gasteiger partial charge in [0.1, 0.15) is 18.0 Å². The van der Waals surface area contributed by atoms with Crippen LogP contribution in [-0.4, -0.2) is 41.2 Å². The van der Waals surface area contributed by atoms with E-state index in [4.69, 9.17) is 37.4 Å². The van der Waals surface area contributed by atoms with Gasteiger partial charge in [-0.3, -0.25) is 9.59 Å². The van der Waals surface area contributed by atoms with Crippen molar-refractivity contribution in [3.05, 3.63) is 46.2 Å².